The third kappa shape index (κ3) is 6.97. The Kier molecular flexibility index (Phi) is 9.11. The van der Waals surface area contributed by atoms with E-state index in [2.05, 4.69) is 23.7 Å². The smallest absolute Gasteiger partial charge is 0.266 e. The van der Waals surface area contributed by atoms with Crippen molar-refractivity contribution in [3.8, 4) is 46.7 Å². The topological polar surface area (TPSA) is 93.2 Å². The van der Waals surface area contributed by atoms with Gasteiger partial charge in [-0.15, -0.1) is 0 Å². The number of nitrogens with zero attached hydrogens (tertiary/aromatic N) is 2. The van der Waals surface area contributed by atoms with E-state index in [9.17, 15) is 19.2 Å². The second-order valence-electron chi connectivity index (χ2n) is 13.3. The molecular formula is C50H28N2O6. The van der Waals surface area contributed by atoms with E-state index in [0.29, 0.717) is 56.6 Å². The highest BCUT2D eigenvalue weighted by molar-refractivity contribution is 6.35. The summed E-state index contributed by atoms with van der Waals surface area (Å²) in [4.78, 5) is 56.3. The maximum atomic E-state index is 13.6. The number of amides is 4. The molecular weight excluding hydrogens is 725 g/mol. The molecule has 9 rings (SSSR count). The van der Waals surface area contributed by atoms with E-state index in [4.69, 9.17) is 9.47 Å². The monoisotopic (exact) mass is 752 g/mol. The van der Waals surface area contributed by atoms with Crippen LogP contribution < -0.4 is 19.3 Å². The summed E-state index contributed by atoms with van der Waals surface area (Å²) >= 11 is 0. The van der Waals surface area contributed by atoms with E-state index in [1.807, 2.05) is 60.7 Å². The number of hydrogen-bond acceptors (Lipinski definition) is 6. The molecule has 0 aliphatic carbocycles. The van der Waals surface area contributed by atoms with E-state index < -0.39 is 23.6 Å². The summed E-state index contributed by atoms with van der Waals surface area (Å²) in [5.74, 6) is 12.2. The van der Waals surface area contributed by atoms with E-state index >= 15 is 0 Å². The molecule has 0 bridgehead atoms. The molecule has 0 saturated carbocycles. The molecule has 0 atom stereocenters. The average molecular weight is 753 g/mol. The summed E-state index contributed by atoms with van der Waals surface area (Å²) in [7, 11) is 0. The third-order valence-corrected chi connectivity index (χ3v) is 9.45. The van der Waals surface area contributed by atoms with Gasteiger partial charge >= 0.3 is 0 Å². The van der Waals surface area contributed by atoms with Crippen LogP contribution in [0.1, 0.15) is 63.7 Å². The second-order valence-corrected chi connectivity index (χ2v) is 13.3. The lowest BCUT2D eigenvalue weighted by Crippen LogP contribution is -2.29. The van der Waals surface area contributed by atoms with Gasteiger partial charge in [0.1, 0.15) is 23.0 Å². The van der Waals surface area contributed by atoms with Gasteiger partial charge in [0.2, 0.25) is 0 Å². The SMILES string of the molecule is O=C1c2ccc(C#Cc3ccccc3)cc2C(=O)N1c1cccc(Oc2cccc(Oc3cccc(N4C(=O)c5ccc(C#Cc6ccccc6)cc5C4=O)c3)c2)c1. The van der Waals surface area contributed by atoms with Gasteiger partial charge in [0, 0.05) is 40.5 Å². The van der Waals surface area contributed by atoms with E-state index in [0.717, 1.165) is 20.9 Å². The first kappa shape index (κ1) is 35.3. The zero-order valence-electron chi connectivity index (χ0n) is 30.5. The lowest BCUT2D eigenvalue weighted by molar-refractivity contribution is 0.0910. The molecule has 0 fully saturated rings. The molecule has 8 heteroatoms. The highest BCUT2D eigenvalue weighted by Crippen LogP contribution is 2.36. The summed E-state index contributed by atoms with van der Waals surface area (Å²) < 4.78 is 12.3. The first-order chi connectivity index (χ1) is 28.4. The average Bonchev–Trinajstić information content (AvgIpc) is 3.66. The lowest BCUT2D eigenvalue weighted by atomic mass is 10.1. The Hall–Kier alpha value is -8.46. The van der Waals surface area contributed by atoms with Crippen molar-refractivity contribution >= 4 is 35.0 Å². The predicted octanol–water partition coefficient (Wildman–Crippen LogP) is 9.67. The van der Waals surface area contributed by atoms with Crippen LogP contribution in [-0.2, 0) is 0 Å². The van der Waals surface area contributed by atoms with Gasteiger partial charge in [0.05, 0.1) is 33.6 Å². The summed E-state index contributed by atoms with van der Waals surface area (Å²) in [6.07, 6.45) is 0. The largest absolute Gasteiger partial charge is 0.457 e. The number of hydrogen-bond donors (Lipinski definition) is 0. The van der Waals surface area contributed by atoms with Gasteiger partial charge in [0.25, 0.3) is 23.6 Å². The maximum absolute atomic E-state index is 13.6. The number of carbonyl (C=O) groups excluding carboxylic acids is 4. The number of ether oxygens (including phenoxy) is 2. The van der Waals surface area contributed by atoms with Crippen LogP contribution in [-0.4, -0.2) is 23.6 Å². The van der Waals surface area contributed by atoms with Crippen molar-refractivity contribution in [2.45, 2.75) is 0 Å². The van der Waals surface area contributed by atoms with Crippen molar-refractivity contribution in [1.29, 1.82) is 0 Å². The van der Waals surface area contributed by atoms with Crippen molar-refractivity contribution in [3.05, 3.63) is 214 Å². The van der Waals surface area contributed by atoms with Crippen molar-refractivity contribution in [3.63, 3.8) is 0 Å². The van der Waals surface area contributed by atoms with Gasteiger partial charge in [-0.25, -0.2) is 9.80 Å². The standard InChI is InChI=1S/C50H28N2O6/c53-47-43-26-24-35(22-20-33-10-3-1-4-11-33)28-45(43)49(55)51(47)37-14-7-16-39(30-37)57-41-18-9-19-42(32-41)58-40-17-8-15-38(31-40)52-48(54)44-27-25-36(29-46(44)50(52)56)23-21-34-12-5-2-6-13-34/h1-19,24-32H. The maximum Gasteiger partial charge on any atom is 0.266 e. The molecule has 0 N–H and O–H groups in total. The van der Waals surface area contributed by atoms with E-state index in [-0.39, 0.29) is 11.1 Å². The number of rotatable bonds is 6. The summed E-state index contributed by atoms with van der Waals surface area (Å²) in [6.45, 7) is 0. The molecule has 0 spiro atoms. The Morgan fingerprint density at radius 1 is 0.310 bits per heavy atom. The second kappa shape index (κ2) is 15.0. The summed E-state index contributed by atoms with van der Waals surface area (Å²) in [6, 6.07) is 49.4. The number of fused-ring (bicyclic) bond motifs is 2. The van der Waals surface area contributed by atoms with Crippen LogP contribution in [0.15, 0.2) is 170 Å². The molecule has 0 saturated heterocycles. The van der Waals surface area contributed by atoms with E-state index in [1.165, 1.54) is 0 Å². The van der Waals surface area contributed by atoms with Crippen molar-refractivity contribution in [2.75, 3.05) is 9.80 Å². The van der Waals surface area contributed by atoms with Crippen LogP contribution in [0.2, 0.25) is 0 Å². The molecule has 2 aliphatic rings. The Morgan fingerprint density at radius 2 is 0.672 bits per heavy atom. The Labute approximate surface area is 333 Å². The van der Waals surface area contributed by atoms with E-state index in [1.54, 1.807) is 109 Å². The molecule has 2 heterocycles. The van der Waals surface area contributed by atoms with Crippen molar-refractivity contribution in [2.24, 2.45) is 0 Å². The van der Waals surface area contributed by atoms with Gasteiger partial charge in [-0.05, 0) is 97.1 Å². The first-order valence-electron chi connectivity index (χ1n) is 18.2. The molecule has 274 valence electrons. The molecule has 4 amide bonds. The number of benzene rings is 7. The van der Waals surface area contributed by atoms with Crippen molar-refractivity contribution in [1.82, 2.24) is 0 Å². The van der Waals surface area contributed by atoms with Crippen LogP contribution in [0, 0.1) is 23.7 Å². The zero-order chi connectivity index (χ0) is 39.6. The Morgan fingerprint density at radius 3 is 1.10 bits per heavy atom. The molecule has 0 radical (unpaired) electrons. The predicted molar refractivity (Wildman–Crippen MR) is 219 cm³/mol. The van der Waals surface area contributed by atoms with Gasteiger partial charge in [0.15, 0.2) is 0 Å². The summed E-state index contributed by atoms with van der Waals surface area (Å²) in [5.41, 5.74) is 4.82. The van der Waals surface area contributed by atoms with Gasteiger partial charge in [-0.1, -0.05) is 78.3 Å². The van der Waals surface area contributed by atoms with Crippen LogP contribution in [0.3, 0.4) is 0 Å². The Bertz CT molecular complexity index is 2750. The fraction of sp³-hybridized carbons (Fsp3) is 0. The fourth-order valence-electron chi connectivity index (χ4n) is 6.68. The third-order valence-electron chi connectivity index (χ3n) is 9.45. The molecule has 58 heavy (non-hydrogen) atoms. The van der Waals surface area contributed by atoms with Crippen LogP contribution in [0.4, 0.5) is 11.4 Å². The molecule has 7 aromatic rings. The fourth-order valence-corrected chi connectivity index (χ4v) is 6.68. The van der Waals surface area contributed by atoms with Gasteiger partial charge < -0.3 is 9.47 Å². The van der Waals surface area contributed by atoms with Crippen LogP contribution in [0.5, 0.6) is 23.0 Å². The number of imide groups is 2. The molecule has 0 unspecified atom stereocenters. The zero-order valence-corrected chi connectivity index (χ0v) is 30.5. The lowest BCUT2D eigenvalue weighted by Gasteiger charge is -2.16. The van der Waals surface area contributed by atoms with Crippen molar-refractivity contribution < 1.29 is 28.7 Å². The summed E-state index contributed by atoms with van der Waals surface area (Å²) in [5, 5.41) is 0. The highest BCUT2D eigenvalue weighted by Gasteiger charge is 2.38. The minimum absolute atomic E-state index is 0.284. The molecule has 0 aromatic heterocycles. The highest BCUT2D eigenvalue weighted by atomic mass is 16.5. The quantitative estimate of drug-likeness (QED) is 0.124. The number of carbonyl (C=O) groups is 4. The molecule has 2 aliphatic heterocycles. The number of anilines is 2. The first-order valence-corrected chi connectivity index (χ1v) is 18.2. The Balaban J connectivity index is 0.888. The van der Waals surface area contributed by atoms with Gasteiger partial charge in [-0.3, -0.25) is 19.2 Å². The van der Waals surface area contributed by atoms with Gasteiger partial charge in [-0.2, -0.15) is 0 Å². The van der Waals surface area contributed by atoms with Crippen LogP contribution in [0.25, 0.3) is 0 Å². The van der Waals surface area contributed by atoms with Crippen LogP contribution >= 0.6 is 0 Å². The minimum atomic E-state index is -0.447. The molecule has 7 aromatic carbocycles. The minimum Gasteiger partial charge on any atom is -0.457 e. The normalized spacial score (nSPS) is 12.6. The molecule has 8 nitrogen and oxygen atoms in total.